The van der Waals surface area contributed by atoms with Gasteiger partial charge >= 0.3 is 0 Å². The van der Waals surface area contributed by atoms with Gasteiger partial charge in [0.1, 0.15) is 5.03 Å². The fraction of sp³-hybridized carbons (Fsp3) is 0.100. The molecule has 6 nitrogen and oxygen atoms in total. The largest absolute Gasteiger partial charge is 0.489 e. The number of aromatic nitrogens is 3. The second-order valence-electron chi connectivity index (χ2n) is 3.07. The van der Waals surface area contributed by atoms with Crippen molar-refractivity contribution in [3.05, 3.63) is 35.0 Å². The van der Waals surface area contributed by atoms with Crippen molar-refractivity contribution in [3.63, 3.8) is 0 Å². The van der Waals surface area contributed by atoms with Crippen molar-refractivity contribution in [1.29, 1.82) is 0 Å². The number of aromatic amines is 1. The first kappa shape index (κ1) is 11.5. The fourth-order valence-electron chi connectivity index (χ4n) is 1.20. The summed E-state index contributed by atoms with van der Waals surface area (Å²) in [5, 5.41) is 1.02. The summed E-state index contributed by atoms with van der Waals surface area (Å²) < 4.78 is 4.99. The Balaban J connectivity index is 2.40. The van der Waals surface area contributed by atoms with Crippen LogP contribution in [0.1, 0.15) is 0 Å². The summed E-state index contributed by atoms with van der Waals surface area (Å²) in [4.78, 5) is 22.0. The van der Waals surface area contributed by atoms with Crippen molar-refractivity contribution < 1.29 is 4.74 Å². The maximum atomic E-state index is 11.5. The Morgan fingerprint density at radius 3 is 2.94 bits per heavy atom. The number of hydrogen-bond acceptors (Lipinski definition) is 6. The van der Waals surface area contributed by atoms with Crippen LogP contribution in [0.2, 0.25) is 0 Å². The lowest BCUT2D eigenvalue weighted by Crippen LogP contribution is -2.10. The number of H-pyrrole nitrogens is 1. The van der Waals surface area contributed by atoms with Gasteiger partial charge in [-0.1, -0.05) is 0 Å². The average molecular weight is 250 g/mol. The van der Waals surface area contributed by atoms with Crippen LogP contribution < -0.4 is 16.0 Å². The Morgan fingerprint density at radius 2 is 2.24 bits per heavy atom. The molecule has 0 bridgehead atoms. The van der Waals surface area contributed by atoms with Crippen LogP contribution in [-0.2, 0) is 0 Å². The number of pyridine rings is 1. The summed E-state index contributed by atoms with van der Waals surface area (Å²) in [5.41, 5.74) is 5.96. The highest BCUT2D eigenvalue weighted by Gasteiger charge is 2.12. The van der Waals surface area contributed by atoms with E-state index in [-0.39, 0.29) is 11.3 Å². The normalized spacial score (nSPS) is 10.2. The Morgan fingerprint density at radius 1 is 1.41 bits per heavy atom. The second kappa shape index (κ2) is 4.88. The standard InChI is InChI=1S/C10H10N4O2S/c1-16-7-8(15)13-5-14-10(7)17-9-6(11)3-2-4-12-9/h2-5H,11H2,1H3,(H,13,14,15). The predicted molar refractivity (Wildman–Crippen MR) is 64.2 cm³/mol. The molecule has 0 atom stereocenters. The summed E-state index contributed by atoms with van der Waals surface area (Å²) in [7, 11) is 1.41. The van der Waals surface area contributed by atoms with Crippen LogP contribution in [0, 0.1) is 0 Å². The van der Waals surface area contributed by atoms with E-state index in [0.717, 1.165) is 0 Å². The minimum atomic E-state index is -0.334. The van der Waals surface area contributed by atoms with Gasteiger partial charge in [0.05, 0.1) is 19.1 Å². The Kier molecular flexibility index (Phi) is 3.29. The molecule has 2 heterocycles. The smallest absolute Gasteiger partial charge is 0.294 e. The van der Waals surface area contributed by atoms with Crippen LogP contribution in [0.25, 0.3) is 0 Å². The van der Waals surface area contributed by atoms with E-state index in [9.17, 15) is 4.79 Å². The maximum absolute atomic E-state index is 11.5. The van der Waals surface area contributed by atoms with E-state index in [0.29, 0.717) is 15.7 Å². The summed E-state index contributed by atoms with van der Waals surface area (Å²) in [6, 6.07) is 3.47. The fourth-order valence-corrected chi connectivity index (χ4v) is 2.06. The molecule has 0 aromatic carbocycles. The van der Waals surface area contributed by atoms with Gasteiger partial charge in [-0.05, 0) is 23.9 Å². The van der Waals surface area contributed by atoms with Gasteiger partial charge in [0.25, 0.3) is 5.56 Å². The topological polar surface area (TPSA) is 93.9 Å². The number of nitrogens with zero attached hydrogens (tertiary/aromatic N) is 2. The minimum Gasteiger partial charge on any atom is -0.489 e. The highest BCUT2D eigenvalue weighted by Crippen LogP contribution is 2.32. The molecule has 0 unspecified atom stereocenters. The van der Waals surface area contributed by atoms with Gasteiger partial charge in [0, 0.05) is 6.20 Å². The molecule has 7 heteroatoms. The van der Waals surface area contributed by atoms with Gasteiger partial charge in [0.2, 0.25) is 5.75 Å². The van der Waals surface area contributed by atoms with Crippen LogP contribution in [0.3, 0.4) is 0 Å². The number of hydrogen-bond donors (Lipinski definition) is 2. The molecular formula is C10H10N4O2S. The summed E-state index contributed by atoms with van der Waals surface area (Å²) in [6.07, 6.45) is 2.94. The van der Waals surface area contributed by atoms with E-state index < -0.39 is 0 Å². The monoisotopic (exact) mass is 250 g/mol. The van der Waals surface area contributed by atoms with Crippen LogP contribution in [0.4, 0.5) is 5.69 Å². The molecule has 3 N–H and O–H groups in total. The third kappa shape index (κ3) is 2.39. The lowest BCUT2D eigenvalue weighted by atomic mass is 10.4. The molecule has 0 aliphatic heterocycles. The van der Waals surface area contributed by atoms with Crippen molar-refractivity contribution >= 4 is 17.4 Å². The van der Waals surface area contributed by atoms with Crippen LogP contribution >= 0.6 is 11.8 Å². The molecule has 0 fully saturated rings. The zero-order valence-electron chi connectivity index (χ0n) is 9.01. The van der Waals surface area contributed by atoms with Gasteiger partial charge in [0.15, 0.2) is 5.03 Å². The summed E-state index contributed by atoms with van der Waals surface area (Å²) in [6.45, 7) is 0. The summed E-state index contributed by atoms with van der Waals surface area (Å²) in [5.74, 6) is 0.155. The van der Waals surface area contributed by atoms with E-state index in [1.807, 2.05) is 0 Å². The Hall–Kier alpha value is -2.02. The van der Waals surface area contributed by atoms with E-state index in [4.69, 9.17) is 10.5 Å². The molecule has 88 valence electrons. The number of nitrogens with one attached hydrogen (secondary N) is 1. The van der Waals surface area contributed by atoms with Crippen LogP contribution in [0.15, 0.2) is 39.5 Å². The number of nitrogens with two attached hydrogens (primary N) is 1. The van der Waals surface area contributed by atoms with Crippen molar-refractivity contribution in [2.24, 2.45) is 0 Å². The van der Waals surface area contributed by atoms with Crippen LogP contribution in [0.5, 0.6) is 5.75 Å². The van der Waals surface area contributed by atoms with Gasteiger partial charge < -0.3 is 15.5 Å². The number of rotatable bonds is 3. The van der Waals surface area contributed by atoms with Crippen molar-refractivity contribution in [3.8, 4) is 5.75 Å². The third-order valence-electron chi connectivity index (χ3n) is 1.98. The highest BCUT2D eigenvalue weighted by atomic mass is 32.2. The molecule has 0 saturated heterocycles. The molecular weight excluding hydrogens is 240 g/mol. The van der Waals surface area contributed by atoms with Gasteiger partial charge in [-0.3, -0.25) is 4.79 Å². The van der Waals surface area contributed by atoms with E-state index in [1.165, 1.54) is 25.2 Å². The highest BCUT2D eigenvalue weighted by molar-refractivity contribution is 7.99. The molecule has 2 rings (SSSR count). The lowest BCUT2D eigenvalue weighted by Gasteiger charge is -2.06. The number of anilines is 1. The number of nitrogen functional groups attached to an aromatic ring is 1. The van der Waals surface area contributed by atoms with Crippen molar-refractivity contribution in [1.82, 2.24) is 15.0 Å². The average Bonchev–Trinajstić information content (AvgIpc) is 2.32. The molecule has 0 saturated carbocycles. The van der Waals surface area contributed by atoms with Crippen LogP contribution in [-0.4, -0.2) is 22.1 Å². The third-order valence-corrected chi connectivity index (χ3v) is 2.99. The quantitative estimate of drug-likeness (QED) is 0.786. The number of methoxy groups -OCH3 is 1. The van der Waals surface area contributed by atoms with Crippen molar-refractivity contribution in [2.45, 2.75) is 10.1 Å². The number of ether oxygens (including phenoxy) is 1. The molecule has 2 aromatic heterocycles. The van der Waals surface area contributed by atoms with E-state index in [2.05, 4.69) is 15.0 Å². The zero-order chi connectivity index (χ0) is 12.3. The van der Waals surface area contributed by atoms with Gasteiger partial charge in [-0.2, -0.15) is 0 Å². The maximum Gasteiger partial charge on any atom is 0.294 e. The predicted octanol–water partition coefficient (Wildman–Crippen LogP) is 0.907. The first-order chi connectivity index (χ1) is 8.22. The molecule has 0 radical (unpaired) electrons. The Bertz CT molecular complexity index is 585. The zero-order valence-corrected chi connectivity index (χ0v) is 9.82. The Labute approximate surface area is 101 Å². The molecule has 17 heavy (non-hydrogen) atoms. The van der Waals surface area contributed by atoms with Crippen molar-refractivity contribution in [2.75, 3.05) is 12.8 Å². The molecule has 0 aliphatic carbocycles. The van der Waals surface area contributed by atoms with Gasteiger partial charge in [-0.15, -0.1) is 0 Å². The first-order valence-corrected chi connectivity index (χ1v) is 5.54. The van der Waals surface area contributed by atoms with E-state index >= 15 is 0 Å². The molecule has 0 spiro atoms. The summed E-state index contributed by atoms with van der Waals surface area (Å²) >= 11 is 1.19. The molecule has 2 aromatic rings. The molecule has 0 amide bonds. The minimum absolute atomic E-state index is 0.155. The van der Waals surface area contributed by atoms with Gasteiger partial charge in [-0.25, -0.2) is 9.97 Å². The second-order valence-corrected chi connectivity index (χ2v) is 4.05. The lowest BCUT2D eigenvalue weighted by molar-refractivity contribution is 0.393. The molecule has 0 aliphatic rings. The SMILES string of the molecule is COc1c(Sc2ncccc2N)nc[nH]c1=O. The van der Waals surface area contributed by atoms with E-state index in [1.54, 1.807) is 18.3 Å². The first-order valence-electron chi connectivity index (χ1n) is 4.72.